The van der Waals surface area contributed by atoms with Gasteiger partial charge < -0.3 is 20.3 Å². The van der Waals surface area contributed by atoms with E-state index in [2.05, 4.69) is 31.3 Å². The number of nitrogens with zero attached hydrogens (tertiary/aromatic N) is 2. The van der Waals surface area contributed by atoms with Crippen LogP contribution in [0.25, 0.3) is 0 Å². The summed E-state index contributed by atoms with van der Waals surface area (Å²) < 4.78 is 32.6. The number of guanidine groups is 1. The molecule has 1 fully saturated rings. The second-order valence-corrected chi connectivity index (χ2v) is 9.30. The first-order valence-electron chi connectivity index (χ1n) is 10.4. The lowest BCUT2D eigenvalue weighted by molar-refractivity contribution is 0.415. The number of sulfonamides is 1. The van der Waals surface area contributed by atoms with Gasteiger partial charge in [-0.25, -0.2) is 13.1 Å². The molecule has 8 nitrogen and oxygen atoms in total. The number of halogens is 1. The summed E-state index contributed by atoms with van der Waals surface area (Å²) in [7, 11) is -0.0161. The summed E-state index contributed by atoms with van der Waals surface area (Å²) in [5.74, 6) is 1.43. The van der Waals surface area contributed by atoms with E-state index in [0.717, 1.165) is 36.5 Å². The minimum atomic E-state index is -3.38. The molecular formula is C22H32IN5O3S. The lowest BCUT2D eigenvalue weighted by Crippen LogP contribution is -2.46. The third-order valence-corrected chi connectivity index (χ3v) is 6.51. The predicted octanol–water partition coefficient (Wildman–Crippen LogP) is 2.18. The SMILES string of the molecule is CN=C(NCCS(=O)(=O)NCc1ccccc1)NC1CCN(c2ccccc2OC)C1.I. The number of aliphatic imine (C=N–C) groups is 1. The molecule has 0 spiro atoms. The highest BCUT2D eigenvalue weighted by molar-refractivity contribution is 14.0. The van der Waals surface area contributed by atoms with Crippen LogP contribution in [0.4, 0.5) is 5.69 Å². The van der Waals surface area contributed by atoms with Crippen molar-refractivity contribution in [3.8, 4) is 5.75 Å². The molecule has 3 N–H and O–H groups in total. The van der Waals surface area contributed by atoms with Crippen LogP contribution in [-0.2, 0) is 16.6 Å². The molecule has 176 valence electrons. The number of hydrogen-bond acceptors (Lipinski definition) is 5. The molecule has 0 saturated carbocycles. The van der Waals surface area contributed by atoms with Crippen molar-refractivity contribution >= 4 is 45.6 Å². The average molecular weight is 574 g/mol. The summed E-state index contributed by atoms with van der Waals surface area (Å²) in [4.78, 5) is 6.51. The van der Waals surface area contributed by atoms with Crippen LogP contribution >= 0.6 is 24.0 Å². The molecule has 3 rings (SSSR count). The summed E-state index contributed by atoms with van der Waals surface area (Å²) in [5, 5.41) is 6.49. The van der Waals surface area contributed by atoms with Crippen LogP contribution in [0.5, 0.6) is 5.75 Å². The van der Waals surface area contributed by atoms with Crippen LogP contribution in [0, 0.1) is 0 Å². The fraction of sp³-hybridized carbons (Fsp3) is 0.409. The largest absolute Gasteiger partial charge is 0.495 e. The first-order chi connectivity index (χ1) is 15.0. The Morgan fingerprint density at radius 2 is 1.88 bits per heavy atom. The minimum absolute atomic E-state index is 0. The molecule has 32 heavy (non-hydrogen) atoms. The molecule has 2 aromatic carbocycles. The summed E-state index contributed by atoms with van der Waals surface area (Å²) in [6.07, 6.45) is 0.954. The van der Waals surface area contributed by atoms with Gasteiger partial charge in [-0.05, 0) is 24.1 Å². The molecule has 0 aromatic heterocycles. The maximum Gasteiger partial charge on any atom is 0.213 e. The predicted molar refractivity (Wildman–Crippen MR) is 141 cm³/mol. The van der Waals surface area contributed by atoms with Crippen molar-refractivity contribution in [3.63, 3.8) is 0 Å². The summed E-state index contributed by atoms with van der Waals surface area (Å²) in [6.45, 7) is 2.29. The van der Waals surface area contributed by atoms with Crippen LogP contribution in [0.2, 0.25) is 0 Å². The van der Waals surface area contributed by atoms with Crippen LogP contribution in [0.1, 0.15) is 12.0 Å². The highest BCUT2D eigenvalue weighted by Crippen LogP contribution is 2.30. The highest BCUT2D eigenvalue weighted by atomic mass is 127. The van der Waals surface area contributed by atoms with Crippen molar-refractivity contribution in [1.82, 2.24) is 15.4 Å². The molecule has 1 unspecified atom stereocenters. The number of nitrogens with one attached hydrogen (secondary N) is 3. The van der Waals surface area contributed by atoms with Crippen molar-refractivity contribution in [2.75, 3.05) is 44.4 Å². The Morgan fingerprint density at radius 3 is 2.59 bits per heavy atom. The molecule has 0 radical (unpaired) electrons. The van der Waals surface area contributed by atoms with Gasteiger partial charge in [0.25, 0.3) is 0 Å². The maximum atomic E-state index is 12.2. The van der Waals surface area contributed by atoms with E-state index in [1.54, 1.807) is 14.2 Å². The lowest BCUT2D eigenvalue weighted by Gasteiger charge is -2.22. The zero-order valence-electron chi connectivity index (χ0n) is 18.5. The number of anilines is 1. The normalized spacial score (nSPS) is 16.4. The molecule has 0 bridgehead atoms. The fourth-order valence-electron chi connectivity index (χ4n) is 3.54. The Hall–Kier alpha value is -2.05. The third-order valence-electron chi connectivity index (χ3n) is 5.18. The van der Waals surface area contributed by atoms with E-state index in [4.69, 9.17) is 4.74 Å². The monoisotopic (exact) mass is 573 g/mol. The van der Waals surface area contributed by atoms with Crippen LogP contribution < -0.4 is 25.0 Å². The Morgan fingerprint density at radius 1 is 1.16 bits per heavy atom. The van der Waals surface area contributed by atoms with E-state index in [1.807, 2.05) is 48.5 Å². The van der Waals surface area contributed by atoms with Gasteiger partial charge in [0, 0.05) is 39.3 Å². The van der Waals surface area contributed by atoms with Crippen molar-refractivity contribution in [3.05, 3.63) is 60.2 Å². The average Bonchev–Trinajstić information content (AvgIpc) is 3.26. The van der Waals surface area contributed by atoms with Gasteiger partial charge in [0.15, 0.2) is 5.96 Å². The maximum absolute atomic E-state index is 12.2. The second-order valence-electron chi connectivity index (χ2n) is 7.37. The molecule has 0 amide bonds. The van der Waals surface area contributed by atoms with Gasteiger partial charge in [0.1, 0.15) is 5.75 Å². The Kier molecular flexibility index (Phi) is 10.5. The summed E-state index contributed by atoms with van der Waals surface area (Å²) in [6, 6.07) is 17.7. The number of hydrogen-bond donors (Lipinski definition) is 3. The Balaban J connectivity index is 0.00000363. The van der Waals surface area contributed by atoms with E-state index in [1.165, 1.54) is 0 Å². The standard InChI is InChI=1S/C22H31N5O3S.HI/c1-23-22(24-13-15-31(28,29)25-16-18-8-4-3-5-9-18)26-19-12-14-27(17-19)20-10-6-7-11-21(20)30-2;/h3-11,19,25H,12-17H2,1-2H3,(H2,23,24,26);1H. The van der Waals surface area contributed by atoms with E-state index < -0.39 is 10.0 Å². The van der Waals surface area contributed by atoms with Crippen LogP contribution in [0.3, 0.4) is 0 Å². The van der Waals surface area contributed by atoms with E-state index >= 15 is 0 Å². The van der Waals surface area contributed by atoms with Gasteiger partial charge >= 0.3 is 0 Å². The molecule has 1 aliphatic rings. The summed E-state index contributed by atoms with van der Waals surface area (Å²) >= 11 is 0. The smallest absolute Gasteiger partial charge is 0.213 e. The Labute approximate surface area is 207 Å². The summed E-state index contributed by atoms with van der Waals surface area (Å²) in [5.41, 5.74) is 2.00. The number of ether oxygens (including phenoxy) is 1. The van der Waals surface area contributed by atoms with Crippen molar-refractivity contribution in [1.29, 1.82) is 0 Å². The molecular weight excluding hydrogens is 541 g/mol. The van der Waals surface area contributed by atoms with Crippen molar-refractivity contribution in [2.24, 2.45) is 4.99 Å². The molecule has 1 heterocycles. The zero-order chi connectivity index (χ0) is 22.1. The van der Waals surface area contributed by atoms with Gasteiger partial charge in [-0.15, -0.1) is 24.0 Å². The Bertz CT molecular complexity index is 973. The first-order valence-corrected chi connectivity index (χ1v) is 12.0. The molecule has 0 aliphatic carbocycles. The van der Waals surface area contributed by atoms with Crippen LogP contribution in [0.15, 0.2) is 59.6 Å². The molecule has 1 atom stereocenters. The van der Waals surface area contributed by atoms with Gasteiger partial charge in [-0.2, -0.15) is 0 Å². The van der Waals surface area contributed by atoms with E-state index in [-0.39, 0.29) is 48.9 Å². The van der Waals surface area contributed by atoms with Crippen molar-refractivity contribution in [2.45, 2.75) is 19.0 Å². The fourth-order valence-corrected chi connectivity index (χ4v) is 4.44. The number of para-hydroxylation sites is 2. The number of methoxy groups -OCH3 is 1. The van der Waals surface area contributed by atoms with E-state index in [0.29, 0.717) is 5.96 Å². The number of rotatable bonds is 9. The van der Waals surface area contributed by atoms with E-state index in [9.17, 15) is 8.42 Å². The topological polar surface area (TPSA) is 95.1 Å². The highest BCUT2D eigenvalue weighted by Gasteiger charge is 2.25. The minimum Gasteiger partial charge on any atom is -0.495 e. The van der Waals surface area contributed by atoms with Gasteiger partial charge in [0.2, 0.25) is 10.0 Å². The third kappa shape index (κ3) is 7.82. The second kappa shape index (κ2) is 12.9. The molecule has 10 heteroatoms. The van der Waals surface area contributed by atoms with Gasteiger partial charge in [0.05, 0.1) is 18.6 Å². The molecule has 1 aliphatic heterocycles. The zero-order valence-corrected chi connectivity index (χ0v) is 21.6. The number of benzene rings is 2. The van der Waals surface area contributed by atoms with Crippen LogP contribution in [-0.4, -0.2) is 60.0 Å². The van der Waals surface area contributed by atoms with Crippen molar-refractivity contribution < 1.29 is 13.2 Å². The molecule has 2 aromatic rings. The van der Waals surface area contributed by atoms with Gasteiger partial charge in [-0.1, -0.05) is 42.5 Å². The lowest BCUT2D eigenvalue weighted by atomic mass is 10.2. The quantitative estimate of drug-likeness (QED) is 0.242. The van der Waals surface area contributed by atoms with Gasteiger partial charge in [-0.3, -0.25) is 4.99 Å². The molecule has 1 saturated heterocycles. The first kappa shape index (κ1) is 26.2.